The molecule has 0 radical (unpaired) electrons. The molecule has 0 bridgehead atoms. The first-order valence-electron chi connectivity index (χ1n) is 19.3. The number of carbonyl (C=O) groups is 9. The number of nitrogens with zero attached hydrogens (tertiary/aromatic N) is 2. The van der Waals surface area contributed by atoms with Crippen molar-refractivity contribution < 1.29 is 47.9 Å². The Hall–Kier alpha value is -7.08. The number of imide groups is 2. The number of amides is 10. The minimum atomic E-state index is -1.01. The summed E-state index contributed by atoms with van der Waals surface area (Å²) in [6.07, 6.45) is 2.33. The number of aryl methyl sites for hydroxylation is 1. The first-order chi connectivity index (χ1) is 29.1. The summed E-state index contributed by atoms with van der Waals surface area (Å²) in [5.41, 5.74) is 3.94. The number of anilines is 2. The fourth-order valence-corrected chi connectivity index (χ4v) is 6.87. The van der Waals surface area contributed by atoms with E-state index in [2.05, 4.69) is 31.9 Å². The van der Waals surface area contributed by atoms with Crippen molar-refractivity contribution in [3.05, 3.63) is 99.6 Å². The van der Waals surface area contributed by atoms with E-state index in [1.54, 1.807) is 54.6 Å². The Balaban J connectivity index is 1.05. The maximum atomic E-state index is 13.6. The number of urea groups is 1. The maximum Gasteiger partial charge on any atom is 0.319 e. The topological polar surface area (TPSA) is 242 Å². The summed E-state index contributed by atoms with van der Waals surface area (Å²) >= 11 is 6.22. The van der Waals surface area contributed by atoms with Gasteiger partial charge in [0.15, 0.2) is 0 Å². The average molecular weight is 855 g/mol. The number of carbonyl (C=O) groups excluding carboxylic acids is 9. The lowest BCUT2D eigenvalue weighted by molar-refractivity contribution is -0.138. The molecule has 10 amide bonds. The number of rotatable bonds is 15. The zero-order valence-corrected chi connectivity index (χ0v) is 34.1. The summed E-state index contributed by atoms with van der Waals surface area (Å²) in [5.74, 6) is -3.77. The third-order valence-electron chi connectivity index (χ3n) is 10.2. The van der Waals surface area contributed by atoms with E-state index in [1.165, 1.54) is 18.7 Å². The highest BCUT2D eigenvalue weighted by Crippen LogP contribution is 2.33. The van der Waals surface area contributed by atoms with Gasteiger partial charge in [-0.3, -0.25) is 48.6 Å². The van der Waals surface area contributed by atoms with Crippen LogP contribution >= 0.6 is 11.6 Å². The van der Waals surface area contributed by atoms with E-state index in [9.17, 15) is 43.2 Å². The maximum absolute atomic E-state index is 13.6. The van der Waals surface area contributed by atoms with Crippen molar-refractivity contribution >= 4 is 76.3 Å². The molecule has 3 aromatic carbocycles. The number of benzene rings is 3. The van der Waals surface area contributed by atoms with Gasteiger partial charge in [0.2, 0.25) is 29.5 Å². The Morgan fingerprint density at radius 2 is 1.56 bits per heavy atom. The summed E-state index contributed by atoms with van der Waals surface area (Å²) in [7, 11) is 0. The number of ether oxygens (including phenoxy) is 1. The monoisotopic (exact) mass is 854 g/mol. The Kier molecular flexibility index (Phi) is 13.5. The van der Waals surface area contributed by atoms with Crippen molar-refractivity contribution in [2.45, 2.75) is 77.9 Å². The molecule has 3 aliphatic heterocycles. The molecule has 0 aliphatic carbocycles. The molecule has 61 heavy (non-hydrogen) atoms. The quantitative estimate of drug-likeness (QED) is 0.122. The van der Waals surface area contributed by atoms with E-state index in [4.69, 9.17) is 16.3 Å². The Bertz CT molecular complexity index is 2330. The largest absolute Gasteiger partial charge is 0.489 e. The van der Waals surface area contributed by atoms with Crippen LogP contribution in [0.4, 0.5) is 16.2 Å². The van der Waals surface area contributed by atoms with E-state index < -0.39 is 71.4 Å². The zero-order chi connectivity index (χ0) is 44.0. The predicted octanol–water partition coefficient (Wildman–Crippen LogP) is 2.57. The smallest absolute Gasteiger partial charge is 0.319 e. The number of nitrogens with one attached hydrogen (secondary N) is 6. The van der Waals surface area contributed by atoms with Crippen molar-refractivity contribution in [2.75, 3.05) is 17.2 Å². The molecule has 1 fully saturated rings. The second kappa shape index (κ2) is 18.9. The normalized spacial score (nSPS) is 16.7. The first-order valence-corrected chi connectivity index (χ1v) is 19.7. The number of halogens is 1. The van der Waals surface area contributed by atoms with Crippen molar-refractivity contribution in [1.29, 1.82) is 0 Å². The molecule has 318 valence electrons. The Morgan fingerprint density at radius 3 is 2.25 bits per heavy atom. The van der Waals surface area contributed by atoms with Crippen molar-refractivity contribution in [3.63, 3.8) is 0 Å². The number of hydrogen-bond acceptors (Lipinski definition) is 10. The molecule has 0 spiro atoms. The molecule has 19 heteroatoms. The molecular weight excluding hydrogens is 812 g/mol. The van der Waals surface area contributed by atoms with Gasteiger partial charge in [-0.2, -0.15) is 0 Å². The van der Waals surface area contributed by atoms with Crippen LogP contribution in [0.1, 0.15) is 65.7 Å². The van der Waals surface area contributed by atoms with E-state index >= 15 is 0 Å². The fraction of sp³-hybridized carbons (Fsp3) is 0.310. The molecule has 0 saturated carbocycles. The van der Waals surface area contributed by atoms with Crippen LogP contribution in [0.2, 0.25) is 5.02 Å². The van der Waals surface area contributed by atoms with Gasteiger partial charge in [0, 0.05) is 72.2 Å². The van der Waals surface area contributed by atoms with E-state index in [0.717, 1.165) is 22.6 Å². The summed E-state index contributed by atoms with van der Waals surface area (Å²) in [6.45, 7) is 4.77. The summed E-state index contributed by atoms with van der Waals surface area (Å²) < 4.78 is 6.21. The molecule has 3 atom stereocenters. The van der Waals surface area contributed by atoms with Gasteiger partial charge in [-0.1, -0.05) is 29.8 Å². The van der Waals surface area contributed by atoms with E-state index in [0.29, 0.717) is 44.4 Å². The molecule has 6 N–H and O–H groups in total. The fourth-order valence-electron chi connectivity index (χ4n) is 6.68. The minimum Gasteiger partial charge on any atom is -0.489 e. The van der Waals surface area contributed by atoms with Gasteiger partial charge in [0.1, 0.15) is 30.5 Å². The van der Waals surface area contributed by atoms with Crippen molar-refractivity contribution in [3.8, 4) is 5.75 Å². The summed E-state index contributed by atoms with van der Waals surface area (Å²) in [6, 6.07) is 11.8. The van der Waals surface area contributed by atoms with Crippen LogP contribution in [0.25, 0.3) is 0 Å². The molecule has 6 rings (SSSR count). The zero-order valence-electron chi connectivity index (χ0n) is 33.4. The SMILES string of the molecule is Cc1ccc(NC(=O)NCc2cc3c(cc2OCc2ccc(NC(=O)[C@H](C)NC(=O)[C@H](C)NC(=O)CCN4C(=O)C=CC4=O)cc2)C(=O)N(C2CCC(=O)NC2=O)C3)cc1Cl. The molecule has 1 unspecified atom stereocenters. The Morgan fingerprint density at radius 1 is 0.869 bits per heavy atom. The number of fused-ring (bicyclic) bond motifs is 1. The molecule has 3 aromatic rings. The van der Waals surface area contributed by atoms with Crippen LogP contribution in [0.3, 0.4) is 0 Å². The second-order valence-electron chi connectivity index (χ2n) is 14.7. The lowest BCUT2D eigenvalue weighted by atomic mass is 10.0. The van der Waals surface area contributed by atoms with Gasteiger partial charge < -0.3 is 36.2 Å². The molecule has 3 aliphatic rings. The van der Waals surface area contributed by atoms with Crippen LogP contribution in [-0.2, 0) is 53.3 Å². The second-order valence-corrected chi connectivity index (χ2v) is 15.1. The number of piperidine rings is 1. The third kappa shape index (κ3) is 10.8. The first kappa shape index (κ1) is 43.5. The molecular formula is C42H43ClN8O10. The summed E-state index contributed by atoms with van der Waals surface area (Å²) in [4.78, 5) is 115. The van der Waals surface area contributed by atoms with Gasteiger partial charge in [-0.15, -0.1) is 0 Å². The highest BCUT2D eigenvalue weighted by atomic mass is 35.5. The van der Waals surface area contributed by atoms with Crippen molar-refractivity contribution in [1.82, 2.24) is 31.1 Å². The predicted molar refractivity (Wildman–Crippen MR) is 220 cm³/mol. The van der Waals surface area contributed by atoms with Gasteiger partial charge >= 0.3 is 6.03 Å². The molecule has 0 aromatic heterocycles. The Labute approximate surface area is 354 Å². The van der Waals surface area contributed by atoms with Crippen LogP contribution in [-0.4, -0.2) is 87.8 Å². The molecule has 3 heterocycles. The van der Waals surface area contributed by atoms with Gasteiger partial charge in [0.05, 0.1) is 0 Å². The molecule has 1 saturated heterocycles. The number of hydrogen-bond donors (Lipinski definition) is 6. The third-order valence-corrected chi connectivity index (χ3v) is 10.6. The standard InChI is InChI=1S/C42H43ClN8O10/c1-22-4-7-29(17-31(22)43)48-42(60)44-19-26-16-27-20-51(32-10-11-34(52)49-40(32)58)41(59)30(27)18-33(26)61-21-25-5-8-28(9-6-25)47-39(57)24(3)46-38(56)23(2)45-35(53)14-15-50-36(54)12-13-37(50)55/h4-9,12-13,16-18,23-24,32H,10-11,14-15,19-21H2,1-3H3,(H,45,53)(H,46,56)(H,47,57)(H2,44,48,60)(H,49,52,58)/t23-,24-,32?/m0/s1. The average Bonchev–Trinajstić information content (AvgIpc) is 3.72. The van der Waals surface area contributed by atoms with Crippen LogP contribution in [0.15, 0.2) is 66.7 Å². The summed E-state index contributed by atoms with van der Waals surface area (Å²) in [5, 5.41) is 16.1. The van der Waals surface area contributed by atoms with Gasteiger partial charge in [-0.25, -0.2) is 4.79 Å². The highest BCUT2D eigenvalue weighted by molar-refractivity contribution is 6.31. The lowest BCUT2D eigenvalue weighted by Gasteiger charge is -2.29. The molecule has 18 nitrogen and oxygen atoms in total. The van der Waals surface area contributed by atoms with E-state index in [-0.39, 0.29) is 45.5 Å². The van der Waals surface area contributed by atoms with Crippen LogP contribution in [0.5, 0.6) is 5.75 Å². The lowest BCUT2D eigenvalue weighted by Crippen LogP contribution is -2.52. The minimum absolute atomic E-state index is 0.00642. The highest BCUT2D eigenvalue weighted by Gasteiger charge is 2.39. The van der Waals surface area contributed by atoms with E-state index in [1.807, 2.05) is 6.92 Å². The van der Waals surface area contributed by atoms with Gasteiger partial charge in [0.25, 0.3) is 17.7 Å². The van der Waals surface area contributed by atoms with Crippen LogP contribution < -0.4 is 36.6 Å². The van der Waals surface area contributed by atoms with Gasteiger partial charge in [-0.05, 0) is 80.3 Å². The van der Waals surface area contributed by atoms with Crippen molar-refractivity contribution in [2.24, 2.45) is 0 Å². The van der Waals surface area contributed by atoms with Crippen LogP contribution in [0, 0.1) is 6.92 Å².